The van der Waals surface area contributed by atoms with Crippen LogP contribution in [0, 0.1) is 6.92 Å². The predicted octanol–water partition coefficient (Wildman–Crippen LogP) is -0.170. The summed E-state index contributed by atoms with van der Waals surface area (Å²) in [5.74, 6) is 0.221. The van der Waals surface area contributed by atoms with E-state index in [-0.39, 0.29) is 5.82 Å². The molecule has 0 bridgehead atoms. The van der Waals surface area contributed by atoms with Gasteiger partial charge in [0, 0.05) is 6.20 Å². The van der Waals surface area contributed by atoms with E-state index in [1.165, 1.54) is 19.3 Å². The minimum Gasteiger partial charge on any atom is -0.310 e. The minimum atomic E-state index is -5.09. The van der Waals surface area contributed by atoms with E-state index < -0.39 is 15.6 Å². The van der Waals surface area contributed by atoms with Gasteiger partial charge in [-0.3, -0.25) is 4.89 Å². The van der Waals surface area contributed by atoms with Crippen molar-refractivity contribution in [3.63, 3.8) is 0 Å². The molecule has 0 amide bonds. The van der Waals surface area contributed by atoms with Gasteiger partial charge in [0.1, 0.15) is 5.82 Å². The van der Waals surface area contributed by atoms with Crippen LogP contribution in [0.4, 0.5) is 0 Å². The average Bonchev–Trinajstić information content (AvgIpc) is 2.29. The molecule has 1 unspecified atom stereocenters. The zero-order valence-corrected chi connectivity index (χ0v) is 9.21. The molecule has 3 N–H and O–H groups in total. The molecule has 15 heavy (non-hydrogen) atoms. The van der Waals surface area contributed by atoms with Gasteiger partial charge in [-0.1, -0.05) is 0 Å². The van der Waals surface area contributed by atoms with Crippen molar-refractivity contribution in [3.8, 4) is 0 Å². The molecule has 0 aliphatic heterocycles. The van der Waals surface area contributed by atoms with Crippen molar-refractivity contribution in [2.24, 2.45) is 0 Å². The highest BCUT2D eigenvalue weighted by Gasteiger charge is 2.34. The molecule has 0 aromatic carbocycles. The molecule has 1 atom stereocenters. The third-order valence-corrected chi connectivity index (χ3v) is 3.24. The zero-order valence-electron chi connectivity index (χ0n) is 7.42. The molecular formula is C4H8N2O7P2. The zero-order chi connectivity index (χ0) is 11.7. The summed E-state index contributed by atoms with van der Waals surface area (Å²) in [5.41, 5.74) is 0. The maximum Gasteiger partial charge on any atom is 0.555 e. The van der Waals surface area contributed by atoms with E-state index in [1.54, 1.807) is 0 Å². The van der Waals surface area contributed by atoms with Gasteiger partial charge in [-0.15, -0.1) is 0 Å². The van der Waals surface area contributed by atoms with Gasteiger partial charge in [-0.05, 0) is 6.92 Å². The average molecular weight is 258 g/mol. The van der Waals surface area contributed by atoms with E-state index in [4.69, 9.17) is 14.7 Å². The standard InChI is InChI=1S/C4H8N2O7P2/c1-4-5-2-3-6(4)12-15(10,11)13-14(7,8)9/h2-3H,1H3,(H,10,11)(H2,7,8,9). The Morgan fingerprint density at radius 2 is 2.00 bits per heavy atom. The Kier molecular flexibility index (Phi) is 3.34. The number of hydrogen-bond donors (Lipinski definition) is 3. The highest BCUT2D eigenvalue weighted by molar-refractivity contribution is 7.60. The molecule has 1 aromatic rings. The van der Waals surface area contributed by atoms with Crippen molar-refractivity contribution in [2.75, 3.05) is 0 Å². The van der Waals surface area contributed by atoms with Crippen molar-refractivity contribution in [1.82, 2.24) is 9.71 Å². The number of hydrogen-bond acceptors (Lipinski definition) is 5. The van der Waals surface area contributed by atoms with Crippen LogP contribution in [-0.2, 0) is 13.4 Å². The molecule has 86 valence electrons. The molecule has 0 aliphatic rings. The van der Waals surface area contributed by atoms with E-state index in [9.17, 15) is 9.13 Å². The van der Waals surface area contributed by atoms with Gasteiger partial charge in [-0.2, -0.15) is 9.04 Å². The number of aromatic nitrogens is 2. The first-order valence-corrected chi connectivity index (χ1v) is 6.52. The van der Waals surface area contributed by atoms with Crippen LogP contribution in [0.3, 0.4) is 0 Å². The van der Waals surface area contributed by atoms with Gasteiger partial charge in [0.15, 0.2) is 0 Å². The second-order valence-electron chi connectivity index (χ2n) is 2.42. The van der Waals surface area contributed by atoms with Crippen LogP contribution in [-0.4, -0.2) is 24.4 Å². The summed E-state index contributed by atoms with van der Waals surface area (Å²) in [6, 6.07) is 0. The van der Waals surface area contributed by atoms with Crippen molar-refractivity contribution in [3.05, 3.63) is 18.2 Å². The van der Waals surface area contributed by atoms with Crippen LogP contribution in [0.15, 0.2) is 12.4 Å². The van der Waals surface area contributed by atoms with E-state index in [2.05, 4.69) is 13.9 Å². The van der Waals surface area contributed by atoms with E-state index in [1.807, 2.05) is 0 Å². The third-order valence-electron chi connectivity index (χ3n) is 1.18. The molecule has 0 saturated carbocycles. The molecule has 1 aromatic heterocycles. The second kappa shape index (κ2) is 4.05. The van der Waals surface area contributed by atoms with Crippen LogP contribution < -0.4 is 4.62 Å². The van der Waals surface area contributed by atoms with Crippen LogP contribution >= 0.6 is 15.6 Å². The number of rotatable bonds is 4. The lowest BCUT2D eigenvalue weighted by Gasteiger charge is -2.13. The quantitative estimate of drug-likeness (QED) is 0.634. The van der Waals surface area contributed by atoms with E-state index in [0.29, 0.717) is 0 Å². The van der Waals surface area contributed by atoms with Crippen LogP contribution in [0.2, 0.25) is 0 Å². The number of imidazole rings is 1. The van der Waals surface area contributed by atoms with Crippen molar-refractivity contribution >= 4 is 15.6 Å². The highest BCUT2D eigenvalue weighted by atomic mass is 31.3. The number of phosphoric acid groups is 2. The SMILES string of the molecule is Cc1nccn1OP(=O)(O)OP(=O)(O)O. The first-order chi connectivity index (χ1) is 6.70. The molecule has 11 heteroatoms. The Balaban J connectivity index is 2.78. The Bertz CT molecular complexity index is 436. The summed E-state index contributed by atoms with van der Waals surface area (Å²) in [4.78, 5) is 29.2. The maximum atomic E-state index is 11.0. The van der Waals surface area contributed by atoms with Gasteiger partial charge in [0.25, 0.3) is 0 Å². The topological polar surface area (TPSA) is 131 Å². The minimum absolute atomic E-state index is 0.221. The summed E-state index contributed by atoms with van der Waals surface area (Å²) in [6.45, 7) is 1.46. The largest absolute Gasteiger partial charge is 0.555 e. The first kappa shape index (κ1) is 12.4. The summed E-state index contributed by atoms with van der Waals surface area (Å²) in [7, 11) is -9.96. The smallest absolute Gasteiger partial charge is 0.310 e. The predicted molar refractivity (Wildman–Crippen MR) is 46.5 cm³/mol. The van der Waals surface area contributed by atoms with Gasteiger partial charge >= 0.3 is 15.6 Å². The lowest BCUT2D eigenvalue weighted by molar-refractivity contribution is 0.160. The van der Waals surface area contributed by atoms with Crippen LogP contribution in [0.25, 0.3) is 0 Å². The Morgan fingerprint density at radius 3 is 2.40 bits per heavy atom. The molecular weight excluding hydrogens is 250 g/mol. The molecule has 1 rings (SSSR count). The molecule has 0 spiro atoms. The Labute approximate surface area is 84.1 Å². The third kappa shape index (κ3) is 4.13. The van der Waals surface area contributed by atoms with Crippen molar-refractivity contribution < 1.29 is 32.7 Å². The fraction of sp³-hybridized carbons (Fsp3) is 0.250. The first-order valence-electron chi connectivity index (χ1n) is 3.49. The monoisotopic (exact) mass is 258 g/mol. The molecule has 0 fully saturated rings. The number of aryl methyl sites for hydroxylation is 1. The molecule has 1 heterocycles. The number of nitrogens with zero attached hydrogens (tertiary/aromatic N) is 2. The summed E-state index contributed by atoms with van der Waals surface area (Å²) in [5, 5.41) is 0. The van der Waals surface area contributed by atoms with Crippen LogP contribution in [0.5, 0.6) is 0 Å². The highest BCUT2D eigenvalue weighted by Crippen LogP contribution is 2.55. The summed E-state index contributed by atoms with van der Waals surface area (Å²) >= 11 is 0. The maximum absolute atomic E-state index is 11.0. The fourth-order valence-electron chi connectivity index (χ4n) is 0.713. The lowest BCUT2D eigenvalue weighted by atomic mass is 10.7. The molecule has 0 saturated heterocycles. The fourth-order valence-corrected chi connectivity index (χ4v) is 2.30. The molecule has 9 nitrogen and oxygen atoms in total. The lowest BCUT2D eigenvalue weighted by Crippen LogP contribution is -2.10. The summed E-state index contributed by atoms with van der Waals surface area (Å²) < 4.78 is 29.9. The van der Waals surface area contributed by atoms with Gasteiger partial charge in [0.2, 0.25) is 0 Å². The van der Waals surface area contributed by atoms with Gasteiger partial charge in [0.05, 0.1) is 6.20 Å². The Hall–Kier alpha value is -0.690. The Morgan fingerprint density at radius 1 is 1.40 bits per heavy atom. The normalized spacial score (nSPS) is 16.0. The van der Waals surface area contributed by atoms with E-state index >= 15 is 0 Å². The molecule has 0 aliphatic carbocycles. The molecule has 0 radical (unpaired) electrons. The van der Waals surface area contributed by atoms with Gasteiger partial charge in [-0.25, -0.2) is 14.1 Å². The summed E-state index contributed by atoms with van der Waals surface area (Å²) in [6.07, 6.45) is 2.45. The second-order valence-corrected chi connectivity index (χ2v) is 5.16. The van der Waals surface area contributed by atoms with Crippen molar-refractivity contribution in [2.45, 2.75) is 6.92 Å². The van der Waals surface area contributed by atoms with Gasteiger partial charge < -0.3 is 14.4 Å². The van der Waals surface area contributed by atoms with Crippen LogP contribution in [0.1, 0.15) is 5.82 Å². The van der Waals surface area contributed by atoms with E-state index in [0.717, 1.165) is 4.73 Å². The van der Waals surface area contributed by atoms with Crippen molar-refractivity contribution in [1.29, 1.82) is 0 Å².